The van der Waals surface area contributed by atoms with Crippen LogP contribution in [-0.4, -0.2) is 20.9 Å². The van der Waals surface area contributed by atoms with Crippen LogP contribution in [0.1, 0.15) is 12.8 Å². The Morgan fingerprint density at radius 3 is 2.72 bits per heavy atom. The number of fused-ring (bicyclic) bond motifs is 1. The molecule has 0 spiro atoms. The van der Waals surface area contributed by atoms with E-state index in [2.05, 4.69) is 15.6 Å². The fourth-order valence-electron chi connectivity index (χ4n) is 2.36. The first-order valence-electron chi connectivity index (χ1n) is 7.62. The van der Waals surface area contributed by atoms with Gasteiger partial charge in [0.25, 0.3) is 5.56 Å². The third-order valence-electron chi connectivity index (χ3n) is 3.61. The molecule has 1 N–H and O–H groups in total. The van der Waals surface area contributed by atoms with Crippen molar-refractivity contribution in [2.45, 2.75) is 19.4 Å². The van der Waals surface area contributed by atoms with Crippen LogP contribution in [0.2, 0.25) is 10.0 Å². The zero-order valence-corrected chi connectivity index (χ0v) is 14.6. The molecule has 1 aromatic heterocycles. The lowest BCUT2D eigenvalue weighted by atomic mass is 10.2. The van der Waals surface area contributed by atoms with Gasteiger partial charge in [0.2, 0.25) is 5.91 Å². The Morgan fingerprint density at radius 1 is 1.12 bits per heavy atom. The lowest BCUT2D eigenvalue weighted by Crippen LogP contribution is -2.25. The standard InChI is InChI=1S/C17H14Cl2N4O2/c18-13-8-7-11(10-14(13)19)20-16(24)6-3-9-23-17(25)12-4-1-2-5-15(12)21-22-23/h1-2,4-5,7-8,10H,3,6,9H2,(H,20,24). The zero-order valence-electron chi connectivity index (χ0n) is 13.1. The maximum Gasteiger partial charge on any atom is 0.277 e. The van der Waals surface area contributed by atoms with Crippen LogP contribution in [0.5, 0.6) is 0 Å². The SMILES string of the molecule is O=C(CCCn1nnc2ccccc2c1=O)Nc1ccc(Cl)c(Cl)c1. The quantitative estimate of drug-likeness (QED) is 0.738. The number of hydrogen-bond donors (Lipinski definition) is 1. The first kappa shape index (κ1) is 17.4. The highest BCUT2D eigenvalue weighted by molar-refractivity contribution is 6.42. The van der Waals surface area contributed by atoms with Crippen molar-refractivity contribution in [3.63, 3.8) is 0 Å². The summed E-state index contributed by atoms with van der Waals surface area (Å²) in [5, 5.41) is 12.0. The molecule has 25 heavy (non-hydrogen) atoms. The molecule has 3 aromatic rings. The van der Waals surface area contributed by atoms with Crippen molar-refractivity contribution < 1.29 is 4.79 Å². The van der Waals surface area contributed by atoms with Gasteiger partial charge in [0, 0.05) is 18.7 Å². The Bertz CT molecular complexity index is 988. The third kappa shape index (κ3) is 4.15. The van der Waals surface area contributed by atoms with Crippen LogP contribution in [0.4, 0.5) is 5.69 Å². The average molecular weight is 377 g/mol. The molecule has 0 fully saturated rings. The fraction of sp³-hybridized carbons (Fsp3) is 0.176. The number of aromatic nitrogens is 3. The van der Waals surface area contributed by atoms with Crippen molar-refractivity contribution in [2.24, 2.45) is 0 Å². The van der Waals surface area contributed by atoms with Gasteiger partial charge in [0.05, 0.1) is 15.4 Å². The summed E-state index contributed by atoms with van der Waals surface area (Å²) in [4.78, 5) is 24.3. The van der Waals surface area contributed by atoms with Gasteiger partial charge < -0.3 is 5.32 Å². The van der Waals surface area contributed by atoms with Crippen LogP contribution in [0.15, 0.2) is 47.3 Å². The molecule has 0 aliphatic rings. The summed E-state index contributed by atoms with van der Waals surface area (Å²) < 4.78 is 1.27. The first-order chi connectivity index (χ1) is 12.0. The van der Waals surface area contributed by atoms with Crippen LogP contribution >= 0.6 is 23.2 Å². The van der Waals surface area contributed by atoms with Gasteiger partial charge in [0.1, 0.15) is 5.52 Å². The summed E-state index contributed by atoms with van der Waals surface area (Å²) in [6.45, 7) is 0.311. The molecule has 0 aliphatic carbocycles. The van der Waals surface area contributed by atoms with Gasteiger partial charge in [-0.1, -0.05) is 40.5 Å². The number of nitrogens with one attached hydrogen (secondary N) is 1. The number of anilines is 1. The second-order valence-corrected chi connectivity index (χ2v) is 6.23. The number of rotatable bonds is 5. The molecule has 0 unspecified atom stereocenters. The normalized spacial score (nSPS) is 10.8. The predicted molar refractivity (Wildman–Crippen MR) is 98.1 cm³/mol. The van der Waals surface area contributed by atoms with E-state index in [1.165, 1.54) is 4.68 Å². The van der Waals surface area contributed by atoms with E-state index in [4.69, 9.17) is 23.2 Å². The second-order valence-electron chi connectivity index (χ2n) is 5.42. The van der Waals surface area contributed by atoms with Crippen molar-refractivity contribution in [3.8, 4) is 0 Å². The van der Waals surface area contributed by atoms with Gasteiger partial charge in [-0.05, 0) is 36.8 Å². The van der Waals surface area contributed by atoms with Crippen molar-refractivity contribution in [2.75, 3.05) is 5.32 Å². The summed E-state index contributed by atoms with van der Waals surface area (Å²) in [5.41, 5.74) is 0.915. The monoisotopic (exact) mass is 376 g/mol. The van der Waals surface area contributed by atoms with Crippen molar-refractivity contribution >= 4 is 45.7 Å². The highest BCUT2D eigenvalue weighted by Gasteiger charge is 2.07. The van der Waals surface area contributed by atoms with Gasteiger partial charge >= 0.3 is 0 Å². The molecule has 1 amide bonds. The van der Waals surface area contributed by atoms with Crippen LogP contribution < -0.4 is 10.9 Å². The van der Waals surface area contributed by atoms with E-state index in [-0.39, 0.29) is 17.9 Å². The van der Waals surface area contributed by atoms with Gasteiger partial charge in [0.15, 0.2) is 0 Å². The molecule has 0 bridgehead atoms. The van der Waals surface area contributed by atoms with E-state index >= 15 is 0 Å². The maximum atomic E-state index is 12.3. The summed E-state index contributed by atoms with van der Waals surface area (Å²) in [6.07, 6.45) is 0.696. The van der Waals surface area contributed by atoms with E-state index in [1.807, 2.05) is 0 Å². The highest BCUT2D eigenvalue weighted by atomic mass is 35.5. The lowest BCUT2D eigenvalue weighted by Gasteiger charge is -2.07. The minimum absolute atomic E-state index is 0.180. The molecule has 2 aromatic carbocycles. The van der Waals surface area contributed by atoms with E-state index in [1.54, 1.807) is 42.5 Å². The minimum Gasteiger partial charge on any atom is -0.326 e. The van der Waals surface area contributed by atoms with E-state index < -0.39 is 0 Å². The highest BCUT2D eigenvalue weighted by Crippen LogP contribution is 2.25. The van der Waals surface area contributed by atoms with E-state index in [9.17, 15) is 9.59 Å². The number of carbonyl (C=O) groups is 1. The Morgan fingerprint density at radius 2 is 1.92 bits per heavy atom. The molecule has 3 rings (SSSR count). The van der Waals surface area contributed by atoms with Crippen molar-refractivity contribution in [3.05, 3.63) is 62.9 Å². The molecule has 0 atom stereocenters. The molecule has 128 valence electrons. The number of halogens is 2. The molecule has 0 saturated heterocycles. The smallest absolute Gasteiger partial charge is 0.277 e. The van der Waals surface area contributed by atoms with Gasteiger partial charge in [-0.15, -0.1) is 5.10 Å². The molecular formula is C17H14Cl2N4O2. The summed E-state index contributed by atoms with van der Waals surface area (Å²) in [5.74, 6) is -0.180. The molecule has 8 heteroatoms. The lowest BCUT2D eigenvalue weighted by molar-refractivity contribution is -0.116. The van der Waals surface area contributed by atoms with Gasteiger partial charge in [-0.2, -0.15) is 0 Å². The first-order valence-corrected chi connectivity index (χ1v) is 8.37. The summed E-state index contributed by atoms with van der Waals surface area (Å²) >= 11 is 11.7. The molecule has 0 saturated carbocycles. The molecule has 6 nitrogen and oxygen atoms in total. The number of aryl methyl sites for hydroxylation is 1. The van der Waals surface area contributed by atoms with Crippen LogP contribution in [-0.2, 0) is 11.3 Å². The third-order valence-corrected chi connectivity index (χ3v) is 4.35. The molecular weight excluding hydrogens is 363 g/mol. The van der Waals surface area contributed by atoms with Crippen molar-refractivity contribution in [1.29, 1.82) is 0 Å². The number of amides is 1. The summed E-state index contributed by atoms with van der Waals surface area (Å²) in [6, 6.07) is 11.9. The van der Waals surface area contributed by atoms with E-state index in [0.717, 1.165) is 0 Å². The van der Waals surface area contributed by atoms with Crippen LogP contribution in [0.25, 0.3) is 10.9 Å². The number of hydrogen-bond acceptors (Lipinski definition) is 4. The maximum absolute atomic E-state index is 12.3. The molecule has 1 heterocycles. The fourth-order valence-corrected chi connectivity index (χ4v) is 2.65. The van der Waals surface area contributed by atoms with E-state index in [0.29, 0.717) is 39.6 Å². The van der Waals surface area contributed by atoms with Crippen molar-refractivity contribution in [1.82, 2.24) is 15.0 Å². The minimum atomic E-state index is -0.213. The van der Waals surface area contributed by atoms with Crippen LogP contribution in [0.3, 0.4) is 0 Å². The van der Waals surface area contributed by atoms with Crippen LogP contribution in [0, 0.1) is 0 Å². The number of carbonyl (C=O) groups excluding carboxylic acids is 1. The molecule has 0 radical (unpaired) electrons. The zero-order chi connectivity index (χ0) is 17.8. The number of nitrogens with zero attached hydrogens (tertiary/aromatic N) is 3. The summed E-state index contributed by atoms with van der Waals surface area (Å²) in [7, 11) is 0. The Labute approximate surface area is 153 Å². The largest absolute Gasteiger partial charge is 0.326 e. The van der Waals surface area contributed by atoms with Gasteiger partial charge in [-0.3, -0.25) is 9.59 Å². The Hall–Kier alpha value is -2.44. The molecule has 0 aliphatic heterocycles. The Balaban J connectivity index is 1.59. The predicted octanol–water partition coefficient (Wildman–Crippen LogP) is 3.52. The second kappa shape index (κ2) is 7.63. The average Bonchev–Trinajstić information content (AvgIpc) is 2.60. The topological polar surface area (TPSA) is 76.9 Å². The van der Waals surface area contributed by atoms with Gasteiger partial charge in [-0.25, -0.2) is 4.68 Å². The Kier molecular flexibility index (Phi) is 5.31. The number of benzene rings is 2.